The Bertz CT molecular complexity index is 1140. The molecule has 4 rings (SSSR count). The van der Waals surface area contributed by atoms with Crippen molar-refractivity contribution in [1.29, 1.82) is 0 Å². The molecule has 0 saturated carbocycles. The van der Waals surface area contributed by atoms with Gasteiger partial charge in [0.05, 0.1) is 4.88 Å². The second-order valence-electron chi connectivity index (χ2n) is 6.74. The maximum absolute atomic E-state index is 12.3. The fraction of sp³-hybridized carbons (Fsp3) is 0.0833. The van der Waals surface area contributed by atoms with Crippen LogP contribution in [-0.4, -0.2) is 11.8 Å². The normalized spacial score (nSPS) is 10.6. The number of anilines is 2. The molecule has 0 aliphatic heterocycles. The Kier molecular flexibility index (Phi) is 5.68. The highest BCUT2D eigenvalue weighted by atomic mass is 32.1. The summed E-state index contributed by atoms with van der Waals surface area (Å²) >= 11 is 1.40. The van der Waals surface area contributed by atoms with Crippen molar-refractivity contribution in [3.63, 3.8) is 0 Å². The second kappa shape index (κ2) is 8.71. The van der Waals surface area contributed by atoms with Gasteiger partial charge in [-0.05, 0) is 58.5 Å². The van der Waals surface area contributed by atoms with Gasteiger partial charge in [0.25, 0.3) is 5.91 Å². The number of carbonyl (C=O) groups is 2. The number of nitrogens with one attached hydrogen (secondary N) is 2. The van der Waals surface area contributed by atoms with Crippen LogP contribution in [0, 0.1) is 0 Å². The molecule has 4 nitrogen and oxygen atoms in total. The van der Waals surface area contributed by atoms with E-state index < -0.39 is 0 Å². The van der Waals surface area contributed by atoms with E-state index >= 15 is 0 Å². The Labute approximate surface area is 173 Å². The summed E-state index contributed by atoms with van der Waals surface area (Å²) in [4.78, 5) is 25.0. The zero-order valence-corrected chi connectivity index (χ0v) is 16.5. The fourth-order valence-corrected chi connectivity index (χ4v) is 3.73. The Balaban J connectivity index is 1.30. The van der Waals surface area contributed by atoms with Gasteiger partial charge in [-0.25, -0.2) is 0 Å². The molecule has 0 spiro atoms. The van der Waals surface area contributed by atoms with Gasteiger partial charge >= 0.3 is 0 Å². The number of aryl methyl sites for hydroxylation is 1. The van der Waals surface area contributed by atoms with Crippen LogP contribution in [0.4, 0.5) is 11.4 Å². The summed E-state index contributed by atoms with van der Waals surface area (Å²) in [5.41, 5.74) is 2.55. The van der Waals surface area contributed by atoms with Crippen LogP contribution in [-0.2, 0) is 11.2 Å². The molecule has 0 atom stereocenters. The molecule has 0 aliphatic rings. The molecule has 0 radical (unpaired) electrons. The van der Waals surface area contributed by atoms with Gasteiger partial charge in [0.15, 0.2) is 0 Å². The molecule has 0 unspecified atom stereocenters. The van der Waals surface area contributed by atoms with Crippen LogP contribution in [0.2, 0.25) is 0 Å². The Morgan fingerprint density at radius 2 is 1.48 bits per heavy atom. The lowest BCUT2D eigenvalue weighted by molar-refractivity contribution is -0.116. The lowest BCUT2D eigenvalue weighted by Gasteiger charge is -2.08. The monoisotopic (exact) mass is 400 g/mol. The van der Waals surface area contributed by atoms with Gasteiger partial charge in [0.2, 0.25) is 5.91 Å². The molecular weight excluding hydrogens is 380 g/mol. The molecule has 5 heteroatoms. The minimum absolute atomic E-state index is 0.0338. The number of thiophene rings is 1. The van der Waals surface area contributed by atoms with E-state index in [0.717, 1.165) is 5.56 Å². The van der Waals surface area contributed by atoms with Crippen molar-refractivity contribution in [3.05, 3.63) is 94.7 Å². The Hall–Kier alpha value is -3.44. The Morgan fingerprint density at radius 3 is 2.21 bits per heavy atom. The first-order valence-corrected chi connectivity index (χ1v) is 10.3. The molecule has 3 aromatic carbocycles. The van der Waals surface area contributed by atoms with Crippen molar-refractivity contribution in [2.45, 2.75) is 12.8 Å². The smallest absolute Gasteiger partial charge is 0.265 e. The first-order valence-electron chi connectivity index (χ1n) is 9.40. The van der Waals surface area contributed by atoms with E-state index in [1.807, 2.05) is 23.6 Å². The van der Waals surface area contributed by atoms with Crippen LogP contribution in [0.25, 0.3) is 10.8 Å². The SMILES string of the molecule is O=C(CCc1ccc2ccccc2c1)Nc1ccc(NC(=O)c2cccs2)cc1. The number of hydrogen-bond donors (Lipinski definition) is 2. The molecule has 144 valence electrons. The third-order valence-electron chi connectivity index (χ3n) is 4.63. The summed E-state index contributed by atoms with van der Waals surface area (Å²) in [6.07, 6.45) is 1.10. The van der Waals surface area contributed by atoms with Gasteiger partial charge in [-0.3, -0.25) is 9.59 Å². The van der Waals surface area contributed by atoms with Crippen LogP contribution in [0.15, 0.2) is 84.2 Å². The van der Waals surface area contributed by atoms with Gasteiger partial charge in [-0.15, -0.1) is 11.3 Å². The molecule has 29 heavy (non-hydrogen) atoms. The number of rotatable bonds is 6. The van der Waals surface area contributed by atoms with E-state index in [-0.39, 0.29) is 11.8 Å². The molecule has 2 N–H and O–H groups in total. The van der Waals surface area contributed by atoms with Gasteiger partial charge in [0.1, 0.15) is 0 Å². The van der Waals surface area contributed by atoms with E-state index in [9.17, 15) is 9.59 Å². The second-order valence-corrected chi connectivity index (χ2v) is 7.69. The molecular formula is C24H20N2O2S. The molecule has 2 amide bonds. The van der Waals surface area contributed by atoms with Gasteiger partial charge in [-0.2, -0.15) is 0 Å². The zero-order chi connectivity index (χ0) is 20.1. The number of fused-ring (bicyclic) bond motifs is 1. The number of benzene rings is 3. The van der Waals surface area contributed by atoms with Crippen molar-refractivity contribution in [2.24, 2.45) is 0 Å². The van der Waals surface area contributed by atoms with Crippen LogP contribution in [0.3, 0.4) is 0 Å². The quantitative estimate of drug-likeness (QED) is 0.434. The highest BCUT2D eigenvalue weighted by Crippen LogP contribution is 2.18. The zero-order valence-electron chi connectivity index (χ0n) is 15.7. The largest absolute Gasteiger partial charge is 0.326 e. The van der Waals surface area contributed by atoms with Crippen LogP contribution in [0.5, 0.6) is 0 Å². The maximum Gasteiger partial charge on any atom is 0.265 e. The summed E-state index contributed by atoms with van der Waals surface area (Å²) in [6.45, 7) is 0. The summed E-state index contributed by atoms with van der Waals surface area (Å²) in [7, 11) is 0. The van der Waals surface area contributed by atoms with E-state index in [2.05, 4.69) is 41.0 Å². The van der Waals surface area contributed by atoms with Gasteiger partial charge < -0.3 is 10.6 Å². The van der Waals surface area contributed by atoms with E-state index in [1.165, 1.54) is 22.1 Å². The first-order chi connectivity index (χ1) is 14.2. The van der Waals surface area contributed by atoms with Gasteiger partial charge in [0, 0.05) is 17.8 Å². The van der Waals surface area contributed by atoms with Crippen LogP contribution < -0.4 is 10.6 Å². The lowest BCUT2D eigenvalue weighted by Crippen LogP contribution is -2.13. The van der Waals surface area contributed by atoms with Crippen molar-refractivity contribution in [1.82, 2.24) is 0 Å². The molecule has 1 heterocycles. The topological polar surface area (TPSA) is 58.2 Å². The van der Waals surface area contributed by atoms with Crippen LogP contribution in [0.1, 0.15) is 21.7 Å². The van der Waals surface area contributed by atoms with Crippen molar-refractivity contribution >= 4 is 45.3 Å². The third-order valence-corrected chi connectivity index (χ3v) is 5.49. The first kappa shape index (κ1) is 18.9. The summed E-state index contributed by atoms with van der Waals surface area (Å²) in [6, 6.07) is 25.3. The molecule has 0 aliphatic carbocycles. The molecule has 1 aromatic heterocycles. The molecule has 0 fully saturated rings. The van der Waals surface area contributed by atoms with Crippen molar-refractivity contribution in [2.75, 3.05) is 10.6 Å². The van der Waals surface area contributed by atoms with Crippen molar-refractivity contribution in [3.8, 4) is 0 Å². The Morgan fingerprint density at radius 1 is 0.759 bits per heavy atom. The average molecular weight is 401 g/mol. The van der Waals surface area contributed by atoms with Crippen molar-refractivity contribution < 1.29 is 9.59 Å². The summed E-state index contributed by atoms with van der Waals surface area (Å²) in [5, 5.41) is 10.0. The molecule has 0 bridgehead atoms. The van der Waals surface area contributed by atoms with Gasteiger partial charge in [-0.1, -0.05) is 48.5 Å². The minimum atomic E-state index is -0.132. The minimum Gasteiger partial charge on any atom is -0.326 e. The lowest BCUT2D eigenvalue weighted by atomic mass is 10.0. The summed E-state index contributed by atoms with van der Waals surface area (Å²) in [5.74, 6) is -0.166. The standard InChI is InChI=1S/C24H20N2O2S/c27-23(14-8-17-7-9-18-4-1-2-5-19(18)16-17)25-20-10-12-21(13-11-20)26-24(28)22-6-3-15-29-22/h1-7,9-13,15-16H,8,14H2,(H,25,27)(H,26,28). The number of amides is 2. The van der Waals surface area contributed by atoms with E-state index in [1.54, 1.807) is 30.3 Å². The highest BCUT2D eigenvalue weighted by molar-refractivity contribution is 7.12. The maximum atomic E-state index is 12.3. The number of hydrogen-bond acceptors (Lipinski definition) is 3. The van der Waals surface area contributed by atoms with E-state index in [4.69, 9.17) is 0 Å². The van der Waals surface area contributed by atoms with E-state index in [0.29, 0.717) is 29.1 Å². The average Bonchev–Trinajstić information content (AvgIpc) is 3.29. The van der Waals surface area contributed by atoms with Crippen LogP contribution >= 0.6 is 11.3 Å². The number of carbonyl (C=O) groups excluding carboxylic acids is 2. The summed E-state index contributed by atoms with van der Waals surface area (Å²) < 4.78 is 0. The third kappa shape index (κ3) is 4.89. The fourth-order valence-electron chi connectivity index (χ4n) is 3.11. The molecule has 0 saturated heterocycles. The highest BCUT2D eigenvalue weighted by Gasteiger charge is 2.08. The predicted octanol–water partition coefficient (Wildman–Crippen LogP) is 5.72. The molecule has 4 aromatic rings. The predicted molar refractivity (Wildman–Crippen MR) is 120 cm³/mol.